The summed E-state index contributed by atoms with van der Waals surface area (Å²) in [5.74, 6) is -0.141. The van der Waals surface area contributed by atoms with Crippen LogP contribution in [-0.4, -0.2) is 21.1 Å². The summed E-state index contributed by atoms with van der Waals surface area (Å²) in [4.78, 5) is 30.3. The second-order valence-electron chi connectivity index (χ2n) is 5.02. The molecular weight excluding hydrogens is 310 g/mol. The monoisotopic (exact) mass is 325 g/mol. The van der Waals surface area contributed by atoms with E-state index in [0.717, 1.165) is 16.5 Å². The average Bonchev–Trinajstić information content (AvgIpc) is 2.55. The van der Waals surface area contributed by atoms with Gasteiger partial charge in [0, 0.05) is 23.3 Å². The fraction of sp³-hybridized carbons (Fsp3) is 0.118. The first kappa shape index (κ1) is 15.3. The predicted molar refractivity (Wildman–Crippen MR) is 92.8 cm³/mol. The third-order valence-corrected chi connectivity index (χ3v) is 4.35. The van der Waals surface area contributed by atoms with E-state index in [4.69, 9.17) is 0 Å². The lowest BCUT2D eigenvalue weighted by Crippen LogP contribution is -2.23. The third-order valence-electron chi connectivity index (χ3n) is 3.35. The van der Waals surface area contributed by atoms with E-state index in [1.807, 2.05) is 42.5 Å². The fourth-order valence-electron chi connectivity index (χ4n) is 2.20. The molecule has 0 unspecified atom stereocenters. The minimum absolute atomic E-state index is 0.141. The van der Waals surface area contributed by atoms with Crippen LogP contribution in [0.2, 0.25) is 0 Å². The molecule has 0 aliphatic carbocycles. The van der Waals surface area contributed by atoms with Gasteiger partial charge in [0.15, 0.2) is 5.16 Å². The summed E-state index contributed by atoms with van der Waals surface area (Å²) in [6.07, 6.45) is 1.43. The Morgan fingerprint density at radius 1 is 1.17 bits per heavy atom. The van der Waals surface area contributed by atoms with Crippen LogP contribution in [0.15, 0.2) is 64.7 Å². The van der Waals surface area contributed by atoms with Crippen molar-refractivity contribution in [3.8, 4) is 0 Å². The van der Waals surface area contributed by atoms with Crippen LogP contribution in [0.4, 0.5) is 5.69 Å². The number of fused-ring (bicyclic) bond motifs is 1. The highest BCUT2D eigenvalue weighted by Crippen LogP contribution is 2.25. The number of hydrogen-bond acceptors (Lipinski definition) is 4. The maximum Gasteiger partial charge on any atom is 0.251 e. The molecule has 5 nitrogen and oxygen atoms in total. The summed E-state index contributed by atoms with van der Waals surface area (Å²) in [6, 6.07) is 15.0. The number of anilines is 1. The van der Waals surface area contributed by atoms with Crippen LogP contribution in [0.3, 0.4) is 0 Å². The van der Waals surface area contributed by atoms with Gasteiger partial charge in [-0.3, -0.25) is 9.59 Å². The molecule has 1 amide bonds. The van der Waals surface area contributed by atoms with E-state index in [2.05, 4.69) is 15.3 Å². The fourth-order valence-corrected chi connectivity index (χ4v) is 2.98. The molecule has 3 rings (SSSR count). The number of thioether (sulfide) groups is 1. The number of nitrogens with zero attached hydrogens (tertiary/aromatic N) is 1. The first-order valence-electron chi connectivity index (χ1n) is 7.14. The van der Waals surface area contributed by atoms with Crippen LogP contribution in [0.5, 0.6) is 0 Å². The van der Waals surface area contributed by atoms with Crippen molar-refractivity contribution in [2.24, 2.45) is 0 Å². The highest BCUT2D eigenvalue weighted by molar-refractivity contribution is 8.00. The van der Waals surface area contributed by atoms with Gasteiger partial charge in [-0.1, -0.05) is 48.2 Å². The zero-order valence-electron chi connectivity index (χ0n) is 12.4. The van der Waals surface area contributed by atoms with Gasteiger partial charge in [0.25, 0.3) is 5.56 Å². The zero-order chi connectivity index (χ0) is 16.2. The minimum atomic E-state index is -0.389. The van der Waals surface area contributed by atoms with E-state index in [1.165, 1.54) is 24.0 Å². The molecular formula is C17H15N3O2S. The summed E-state index contributed by atoms with van der Waals surface area (Å²) in [7, 11) is 0. The number of H-pyrrole nitrogens is 1. The van der Waals surface area contributed by atoms with Gasteiger partial charge in [-0.25, -0.2) is 4.98 Å². The topological polar surface area (TPSA) is 74.8 Å². The molecule has 3 aromatic rings. The van der Waals surface area contributed by atoms with Crippen LogP contribution >= 0.6 is 11.8 Å². The van der Waals surface area contributed by atoms with Crippen LogP contribution in [0, 0.1) is 0 Å². The molecule has 0 fully saturated rings. The molecule has 0 bridgehead atoms. The van der Waals surface area contributed by atoms with E-state index in [1.54, 1.807) is 6.92 Å². The minimum Gasteiger partial charge on any atom is -0.325 e. The highest BCUT2D eigenvalue weighted by atomic mass is 32.2. The lowest BCUT2D eigenvalue weighted by molar-refractivity contribution is -0.115. The van der Waals surface area contributed by atoms with Gasteiger partial charge in [0.05, 0.1) is 5.25 Å². The molecule has 0 aliphatic rings. The maximum absolute atomic E-state index is 12.4. The number of aromatic nitrogens is 2. The number of nitrogens with one attached hydrogen (secondary N) is 2. The molecule has 0 aliphatic heterocycles. The molecule has 1 atom stereocenters. The Hall–Kier alpha value is -2.60. The van der Waals surface area contributed by atoms with E-state index in [9.17, 15) is 9.59 Å². The van der Waals surface area contributed by atoms with Gasteiger partial charge in [0.1, 0.15) is 0 Å². The van der Waals surface area contributed by atoms with Gasteiger partial charge in [-0.15, -0.1) is 0 Å². The van der Waals surface area contributed by atoms with Gasteiger partial charge in [0.2, 0.25) is 5.91 Å². The predicted octanol–water partition coefficient (Wildman–Crippen LogP) is 3.04. The van der Waals surface area contributed by atoms with Crippen molar-refractivity contribution in [1.29, 1.82) is 0 Å². The molecule has 0 radical (unpaired) electrons. The smallest absolute Gasteiger partial charge is 0.251 e. The highest BCUT2D eigenvalue weighted by Gasteiger charge is 2.16. The molecule has 116 valence electrons. The number of carbonyl (C=O) groups excluding carboxylic acids is 1. The standard InChI is InChI=1S/C17H15N3O2S/c1-11(23-17-18-10-9-15(21)20-17)16(22)19-14-8-4-6-12-5-2-3-7-13(12)14/h2-11H,1H3,(H,19,22)(H,18,20,21)/t11-/m1/s1. The van der Waals surface area contributed by atoms with E-state index >= 15 is 0 Å². The van der Waals surface area contributed by atoms with Gasteiger partial charge in [-0.05, 0) is 18.4 Å². The van der Waals surface area contributed by atoms with Crippen LogP contribution in [-0.2, 0) is 4.79 Å². The molecule has 2 N–H and O–H groups in total. The Bertz CT molecular complexity index is 902. The van der Waals surface area contributed by atoms with Crippen molar-refractivity contribution in [1.82, 2.24) is 9.97 Å². The lowest BCUT2D eigenvalue weighted by Gasteiger charge is -2.13. The maximum atomic E-state index is 12.4. The summed E-state index contributed by atoms with van der Waals surface area (Å²) >= 11 is 1.21. The Kier molecular flexibility index (Phi) is 4.43. The van der Waals surface area contributed by atoms with Crippen molar-refractivity contribution < 1.29 is 4.79 Å². The normalized spacial score (nSPS) is 12.0. The number of benzene rings is 2. The van der Waals surface area contributed by atoms with E-state index < -0.39 is 0 Å². The van der Waals surface area contributed by atoms with Gasteiger partial charge < -0.3 is 10.3 Å². The lowest BCUT2D eigenvalue weighted by atomic mass is 10.1. The Labute approximate surface area is 137 Å². The van der Waals surface area contributed by atoms with Crippen molar-refractivity contribution in [2.75, 3.05) is 5.32 Å². The van der Waals surface area contributed by atoms with Crippen LogP contribution < -0.4 is 10.9 Å². The Morgan fingerprint density at radius 3 is 2.78 bits per heavy atom. The zero-order valence-corrected chi connectivity index (χ0v) is 13.3. The molecule has 6 heteroatoms. The Balaban J connectivity index is 1.76. The summed E-state index contributed by atoms with van der Waals surface area (Å²) in [6.45, 7) is 1.78. The first-order valence-corrected chi connectivity index (χ1v) is 8.02. The largest absolute Gasteiger partial charge is 0.325 e. The summed E-state index contributed by atoms with van der Waals surface area (Å²) < 4.78 is 0. The quantitative estimate of drug-likeness (QED) is 0.571. The number of rotatable bonds is 4. The molecule has 1 heterocycles. The molecule has 0 saturated heterocycles. The second kappa shape index (κ2) is 6.66. The van der Waals surface area contributed by atoms with Crippen LogP contribution in [0.25, 0.3) is 10.8 Å². The third kappa shape index (κ3) is 3.60. The summed E-state index contributed by atoms with van der Waals surface area (Å²) in [5, 5.41) is 5.04. The Morgan fingerprint density at radius 2 is 1.96 bits per heavy atom. The number of carbonyl (C=O) groups is 1. The van der Waals surface area contributed by atoms with E-state index in [-0.39, 0.29) is 16.7 Å². The molecule has 0 spiro atoms. The summed E-state index contributed by atoms with van der Waals surface area (Å²) in [5.41, 5.74) is 0.541. The second-order valence-corrected chi connectivity index (χ2v) is 6.34. The molecule has 0 saturated carbocycles. The molecule has 1 aromatic heterocycles. The van der Waals surface area contributed by atoms with Crippen molar-refractivity contribution in [3.05, 3.63) is 65.1 Å². The molecule has 2 aromatic carbocycles. The van der Waals surface area contributed by atoms with Gasteiger partial charge >= 0.3 is 0 Å². The first-order chi connectivity index (χ1) is 11.1. The number of hydrogen-bond donors (Lipinski definition) is 2. The molecule has 23 heavy (non-hydrogen) atoms. The number of aromatic amines is 1. The van der Waals surface area contributed by atoms with Crippen LogP contribution in [0.1, 0.15) is 6.92 Å². The van der Waals surface area contributed by atoms with E-state index in [0.29, 0.717) is 5.16 Å². The number of amides is 1. The van der Waals surface area contributed by atoms with Gasteiger partial charge in [-0.2, -0.15) is 0 Å². The SMILES string of the molecule is C[C@@H](Sc1nccc(=O)[nH]1)C(=O)Nc1cccc2ccccc12. The van der Waals surface area contributed by atoms with Crippen molar-refractivity contribution in [3.63, 3.8) is 0 Å². The average molecular weight is 325 g/mol. The van der Waals surface area contributed by atoms with Crippen molar-refractivity contribution in [2.45, 2.75) is 17.3 Å². The van der Waals surface area contributed by atoms with Crippen molar-refractivity contribution >= 4 is 34.1 Å².